The van der Waals surface area contributed by atoms with Gasteiger partial charge >= 0.3 is 0 Å². The zero-order valence-corrected chi connectivity index (χ0v) is 18.1. The highest BCUT2D eigenvalue weighted by Gasteiger charge is 2.20. The average molecular weight is 483 g/mol. The predicted molar refractivity (Wildman–Crippen MR) is 110 cm³/mol. The molecule has 0 unspecified atom stereocenters. The predicted octanol–water partition coefficient (Wildman–Crippen LogP) is 2.95. The molecule has 3 aromatic rings. The average Bonchev–Trinajstić information content (AvgIpc) is 3.08. The highest BCUT2D eigenvalue weighted by molar-refractivity contribution is 9.10. The fourth-order valence-corrected chi connectivity index (χ4v) is 4.31. The van der Waals surface area contributed by atoms with Crippen LogP contribution in [0.25, 0.3) is 5.65 Å². The number of imidazole rings is 1. The van der Waals surface area contributed by atoms with E-state index in [4.69, 9.17) is 0 Å². The first kappa shape index (κ1) is 21.4. The van der Waals surface area contributed by atoms with E-state index in [1.54, 1.807) is 0 Å². The molecule has 0 radical (unpaired) electrons. The number of nitrogens with zero attached hydrogens (tertiary/aromatic N) is 3. The number of nitrogens with one attached hydrogen (secondary N) is 1. The van der Waals surface area contributed by atoms with E-state index in [-0.39, 0.29) is 23.8 Å². The van der Waals surface area contributed by atoms with E-state index in [0.29, 0.717) is 13.0 Å². The molecule has 2 heterocycles. The van der Waals surface area contributed by atoms with Gasteiger partial charge < -0.3 is 9.72 Å². The molecule has 0 saturated heterocycles. The van der Waals surface area contributed by atoms with Gasteiger partial charge in [0.2, 0.25) is 15.9 Å². The zero-order chi connectivity index (χ0) is 21.0. The number of aromatic nitrogens is 2. The molecule has 154 valence electrons. The standard InChI is InChI=1S/C19H20BrFN4O3S/c1-24(29(27,28)17-7-5-15(21)6-8-17)10-2-3-19(26)22-11-16-13-25-12-14(20)4-9-18(25)23-16/h4-9,12-13H,2-3,10-11H2,1H3,(H,22,26). The van der Waals surface area contributed by atoms with E-state index in [0.717, 1.165) is 32.3 Å². The van der Waals surface area contributed by atoms with Crippen LogP contribution in [0.15, 0.2) is 58.2 Å². The second kappa shape index (κ2) is 9.02. The molecule has 0 fully saturated rings. The van der Waals surface area contributed by atoms with Gasteiger partial charge in [0.25, 0.3) is 0 Å². The Labute approximate surface area is 176 Å². The summed E-state index contributed by atoms with van der Waals surface area (Å²) in [4.78, 5) is 16.5. The lowest BCUT2D eigenvalue weighted by atomic mass is 10.3. The molecule has 1 aromatic carbocycles. The number of hydrogen-bond acceptors (Lipinski definition) is 4. The number of carbonyl (C=O) groups excluding carboxylic acids is 1. The number of pyridine rings is 1. The van der Waals surface area contributed by atoms with E-state index >= 15 is 0 Å². The minimum atomic E-state index is -3.71. The first-order valence-corrected chi connectivity index (χ1v) is 11.1. The van der Waals surface area contributed by atoms with Crippen LogP contribution < -0.4 is 5.32 Å². The number of sulfonamides is 1. The summed E-state index contributed by atoms with van der Waals surface area (Å²) in [6, 6.07) is 8.41. The monoisotopic (exact) mass is 482 g/mol. The summed E-state index contributed by atoms with van der Waals surface area (Å²) >= 11 is 3.39. The number of fused-ring (bicyclic) bond motifs is 1. The Morgan fingerprint density at radius 3 is 2.66 bits per heavy atom. The van der Waals surface area contributed by atoms with Crippen LogP contribution in [0, 0.1) is 5.82 Å². The molecular weight excluding hydrogens is 463 g/mol. The Morgan fingerprint density at radius 2 is 1.93 bits per heavy atom. The summed E-state index contributed by atoms with van der Waals surface area (Å²) < 4.78 is 41.8. The van der Waals surface area contributed by atoms with Gasteiger partial charge in [0.15, 0.2) is 0 Å². The van der Waals surface area contributed by atoms with Gasteiger partial charge in [-0.15, -0.1) is 0 Å². The molecule has 0 aliphatic carbocycles. The molecule has 7 nitrogen and oxygen atoms in total. The lowest BCUT2D eigenvalue weighted by molar-refractivity contribution is -0.121. The van der Waals surface area contributed by atoms with Crippen LogP contribution in [0.3, 0.4) is 0 Å². The summed E-state index contributed by atoms with van der Waals surface area (Å²) in [6.07, 6.45) is 4.26. The molecule has 2 aromatic heterocycles. The van der Waals surface area contributed by atoms with Crippen molar-refractivity contribution in [3.05, 3.63) is 64.8 Å². The van der Waals surface area contributed by atoms with Gasteiger partial charge in [0.05, 0.1) is 17.1 Å². The van der Waals surface area contributed by atoms with Crippen molar-refractivity contribution < 1.29 is 17.6 Å². The quantitative estimate of drug-likeness (QED) is 0.534. The van der Waals surface area contributed by atoms with Crippen molar-refractivity contribution in [1.29, 1.82) is 0 Å². The molecule has 0 aliphatic rings. The molecule has 1 amide bonds. The van der Waals surface area contributed by atoms with Crippen molar-refractivity contribution in [2.75, 3.05) is 13.6 Å². The van der Waals surface area contributed by atoms with Crippen molar-refractivity contribution in [3.63, 3.8) is 0 Å². The molecule has 0 aliphatic heterocycles. The van der Waals surface area contributed by atoms with Gasteiger partial charge in [-0.2, -0.15) is 0 Å². The van der Waals surface area contributed by atoms with E-state index in [2.05, 4.69) is 26.2 Å². The second-order valence-electron chi connectivity index (χ2n) is 6.51. The number of benzene rings is 1. The van der Waals surface area contributed by atoms with Gasteiger partial charge in [-0.3, -0.25) is 4.79 Å². The van der Waals surface area contributed by atoms with Crippen molar-refractivity contribution in [3.8, 4) is 0 Å². The normalized spacial score (nSPS) is 11.9. The van der Waals surface area contributed by atoms with Gasteiger partial charge in [-0.05, 0) is 58.7 Å². The molecule has 1 N–H and O–H groups in total. The lowest BCUT2D eigenvalue weighted by Crippen LogP contribution is -2.29. The third-order valence-electron chi connectivity index (χ3n) is 4.33. The number of amides is 1. The Balaban J connectivity index is 1.47. The molecule has 3 rings (SSSR count). The van der Waals surface area contributed by atoms with Crippen LogP contribution >= 0.6 is 15.9 Å². The Morgan fingerprint density at radius 1 is 1.21 bits per heavy atom. The van der Waals surface area contributed by atoms with Crippen LogP contribution in [0.5, 0.6) is 0 Å². The maximum Gasteiger partial charge on any atom is 0.242 e. The van der Waals surface area contributed by atoms with Gasteiger partial charge in [-0.25, -0.2) is 22.1 Å². The second-order valence-corrected chi connectivity index (χ2v) is 9.47. The van der Waals surface area contributed by atoms with Gasteiger partial charge in [0, 0.05) is 36.9 Å². The number of rotatable bonds is 8. The molecule has 0 bridgehead atoms. The summed E-state index contributed by atoms with van der Waals surface area (Å²) in [5, 5.41) is 2.79. The number of halogens is 2. The first-order valence-electron chi connectivity index (χ1n) is 8.87. The Kier molecular flexibility index (Phi) is 6.66. The Hall–Kier alpha value is -2.30. The third kappa shape index (κ3) is 5.40. The summed E-state index contributed by atoms with van der Waals surface area (Å²) in [5.74, 6) is -0.683. The largest absolute Gasteiger partial charge is 0.350 e. The molecule has 0 atom stereocenters. The van der Waals surface area contributed by atoms with Crippen molar-refractivity contribution in [1.82, 2.24) is 19.0 Å². The van der Waals surface area contributed by atoms with Crippen molar-refractivity contribution >= 4 is 37.5 Å². The van der Waals surface area contributed by atoms with Gasteiger partial charge in [0.1, 0.15) is 11.5 Å². The molecule has 0 saturated carbocycles. The molecule has 10 heteroatoms. The third-order valence-corrected chi connectivity index (χ3v) is 6.67. The maximum absolute atomic E-state index is 13.0. The van der Waals surface area contributed by atoms with Crippen LogP contribution in [-0.2, 0) is 21.4 Å². The molecule has 0 spiro atoms. The van der Waals surface area contributed by atoms with E-state index in [9.17, 15) is 17.6 Å². The topological polar surface area (TPSA) is 83.8 Å². The fraction of sp³-hybridized carbons (Fsp3) is 0.263. The van der Waals surface area contributed by atoms with Crippen molar-refractivity contribution in [2.45, 2.75) is 24.3 Å². The highest BCUT2D eigenvalue weighted by atomic mass is 79.9. The van der Waals surface area contributed by atoms with Crippen molar-refractivity contribution in [2.24, 2.45) is 0 Å². The maximum atomic E-state index is 13.0. The van der Waals surface area contributed by atoms with E-state index in [1.165, 1.54) is 19.2 Å². The zero-order valence-electron chi connectivity index (χ0n) is 15.7. The minimum Gasteiger partial charge on any atom is -0.350 e. The number of hydrogen-bond donors (Lipinski definition) is 1. The van der Waals surface area contributed by atoms with E-state index in [1.807, 2.05) is 28.9 Å². The summed E-state index contributed by atoms with van der Waals surface area (Å²) in [7, 11) is -2.27. The first-order chi connectivity index (χ1) is 13.8. The fourth-order valence-electron chi connectivity index (χ4n) is 2.75. The SMILES string of the molecule is CN(CCCC(=O)NCc1cn2cc(Br)ccc2n1)S(=O)(=O)c1ccc(F)cc1. The van der Waals surface area contributed by atoms with Crippen LogP contribution in [0.4, 0.5) is 4.39 Å². The highest BCUT2D eigenvalue weighted by Crippen LogP contribution is 2.15. The van der Waals surface area contributed by atoms with Crippen LogP contribution in [-0.4, -0.2) is 41.6 Å². The number of carbonyl (C=O) groups is 1. The van der Waals surface area contributed by atoms with Crippen LogP contribution in [0.2, 0.25) is 0 Å². The van der Waals surface area contributed by atoms with Crippen LogP contribution in [0.1, 0.15) is 18.5 Å². The van der Waals surface area contributed by atoms with Gasteiger partial charge in [-0.1, -0.05) is 0 Å². The summed E-state index contributed by atoms with van der Waals surface area (Å²) in [6.45, 7) is 0.470. The minimum absolute atomic E-state index is 0.0179. The smallest absolute Gasteiger partial charge is 0.242 e. The Bertz CT molecular complexity index is 1120. The summed E-state index contributed by atoms with van der Waals surface area (Å²) in [5.41, 5.74) is 1.51. The molecule has 29 heavy (non-hydrogen) atoms. The lowest BCUT2D eigenvalue weighted by Gasteiger charge is -2.17. The van der Waals surface area contributed by atoms with E-state index < -0.39 is 15.8 Å². The molecular formula is C19H20BrFN4O3S.